The first-order valence-electron chi connectivity index (χ1n) is 9.22. The molecule has 2 atom stereocenters. The number of hydrogen-bond acceptors (Lipinski definition) is 5. The lowest BCUT2D eigenvalue weighted by molar-refractivity contribution is -0.121. The summed E-state index contributed by atoms with van der Waals surface area (Å²) in [6.07, 6.45) is 6.31. The number of carbonyl (C=O) groups excluding carboxylic acids is 2. The molecule has 26 heavy (non-hydrogen) atoms. The molecule has 1 fully saturated rings. The van der Waals surface area contributed by atoms with Gasteiger partial charge in [0.2, 0.25) is 5.91 Å². The number of hydrogen-bond donors (Lipinski definition) is 1. The lowest BCUT2D eigenvalue weighted by atomic mass is 9.93. The molecule has 1 aliphatic heterocycles. The van der Waals surface area contributed by atoms with E-state index in [0.29, 0.717) is 29.9 Å². The van der Waals surface area contributed by atoms with Crippen LogP contribution in [-0.2, 0) is 17.6 Å². The molecule has 6 nitrogen and oxygen atoms in total. The van der Waals surface area contributed by atoms with Crippen molar-refractivity contribution in [3.8, 4) is 0 Å². The number of furan rings is 1. The first kappa shape index (κ1) is 17.3. The lowest BCUT2D eigenvalue weighted by Gasteiger charge is -2.31. The van der Waals surface area contributed by atoms with Crippen molar-refractivity contribution >= 4 is 28.3 Å². The van der Waals surface area contributed by atoms with Gasteiger partial charge in [0.15, 0.2) is 10.9 Å². The van der Waals surface area contributed by atoms with Gasteiger partial charge in [0.1, 0.15) is 0 Å². The second-order valence-corrected chi connectivity index (χ2v) is 8.38. The van der Waals surface area contributed by atoms with E-state index in [4.69, 9.17) is 4.42 Å². The maximum absolute atomic E-state index is 12.7. The number of amides is 2. The standard InChI is InChI=1S/C19H23N3O3S/c1-12-6-7-14-16(10-12)26-19(20-14)21-17(23)13-4-2-8-22(11-13)18(24)15-5-3-9-25-15/h3,5,9,12-13H,2,4,6-8,10-11H2,1H3,(H,20,21,23)/t12-,13-/m1/s1. The summed E-state index contributed by atoms with van der Waals surface area (Å²) in [6, 6.07) is 3.36. The number of aromatic nitrogens is 1. The van der Waals surface area contributed by atoms with Gasteiger partial charge < -0.3 is 14.6 Å². The molecule has 3 heterocycles. The van der Waals surface area contributed by atoms with Crippen LogP contribution in [0.4, 0.5) is 5.13 Å². The number of likely N-dealkylation sites (tertiary alicyclic amines) is 1. The van der Waals surface area contributed by atoms with Crippen molar-refractivity contribution < 1.29 is 14.0 Å². The van der Waals surface area contributed by atoms with Gasteiger partial charge in [-0.1, -0.05) is 6.92 Å². The highest BCUT2D eigenvalue weighted by molar-refractivity contribution is 7.15. The zero-order chi connectivity index (χ0) is 18.1. The molecule has 2 aromatic rings. The van der Waals surface area contributed by atoms with Crippen LogP contribution in [0.15, 0.2) is 22.8 Å². The summed E-state index contributed by atoms with van der Waals surface area (Å²) in [4.78, 5) is 32.8. The van der Waals surface area contributed by atoms with Crippen LogP contribution in [-0.4, -0.2) is 34.8 Å². The predicted molar refractivity (Wildman–Crippen MR) is 99.3 cm³/mol. The predicted octanol–water partition coefficient (Wildman–Crippen LogP) is 3.35. The van der Waals surface area contributed by atoms with Crippen LogP contribution in [0.3, 0.4) is 0 Å². The monoisotopic (exact) mass is 373 g/mol. The third-order valence-electron chi connectivity index (χ3n) is 5.23. The minimum Gasteiger partial charge on any atom is -0.459 e. The first-order valence-corrected chi connectivity index (χ1v) is 10.0. The van der Waals surface area contributed by atoms with E-state index in [1.807, 2.05) is 0 Å². The normalized spacial score (nSPS) is 22.7. The van der Waals surface area contributed by atoms with Gasteiger partial charge >= 0.3 is 0 Å². The molecule has 4 rings (SSSR count). The minimum absolute atomic E-state index is 0.0407. The van der Waals surface area contributed by atoms with E-state index < -0.39 is 0 Å². The number of carbonyl (C=O) groups is 2. The van der Waals surface area contributed by atoms with Crippen molar-refractivity contribution in [3.05, 3.63) is 34.7 Å². The Kier molecular flexibility index (Phi) is 4.80. The van der Waals surface area contributed by atoms with Crippen LogP contribution in [0.25, 0.3) is 0 Å². The third-order valence-corrected chi connectivity index (χ3v) is 6.26. The Labute approximate surface area is 156 Å². The lowest BCUT2D eigenvalue weighted by Crippen LogP contribution is -2.43. The summed E-state index contributed by atoms with van der Waals surface area (Å²) < 4.78 is 5.19. The molecule has 0 aromatic carbocycles. The molecule has 0 spiro atoms. The van der Waals surface area contributed by atoms with Gasteiger partial charge in [-0.05, 0) is 50.2 Å². The summed E-state index contributed by atoms with van der Waals surface area (Å²) in [6.45, 7) is 3.34. The molecule has 1 aliphatic carbocycles. The second-order valence-electron chi connectivity index (χ2n) is 7.29. The van der Waals surface area contributed by atoms with Crippen molar-refractivity contribution in [3.63, 3.8) is 0 Å². The average molecular weight is 373 g/mol. The van der Waals surface area contributed by atoms with Gasteiger partial charge in [-0.25, -0.2) is 4.98 Å². The highest BCUT2D eigenvalue weighted by Crippen LogP contribution is 2.32. The van der Waals surface area contributed by atoms with E-state index in [-0.39, 0.29) is 17.7 Å². The van der Waals surface area contributed by atoms with Gasteiger partial charge in [-0.2, -0.15) is 0 Å². The Balaban J connectivity index is 1.39. The van der Waals surface area contributed by atoms with E-state index in [1.165, 1.54) is 11.1 Å². The fraction of sp³-hybridized carbons (Fsp3) is 0.526. The number of thiazole rings is 1. The highest BCUT2D eigenvalue weighted by Gasteiger charge is 2.30. The number of nitrogens with one attached hydrogen (secondary N) is 1. The van der Waals surface area contributed by atoms with E-state index in [9.17, 15) is 9.59 Å². The van der Waals surface area contributed by atoms with Crippen molar-refractivity contribution in [1.82, 2.24) is 9.88 Å². The van der Waals surface area contributed by atoms with E-state index in [2.05, 4.69) is 17.2 Å². The molecule has 2 aliphatic rings. The van der Waals surface area contributed by atoms with E-state index in [1.54, 1.807) is 28.4 Å². The minimum atomic E-state index is -0.206. The molecule has 0 saturated carbocycles. The zero-order valence-corrected chi connectivity index (χ0v) is 15.7. The summed E-state index contributed by atoms with van der Waals surface area (Å²) in [5.74, 6) is 0.619. The highest BCUT2D eigenvalue weighted by atomic mass is 32.1. The van der Waals surface area contributed by atoms with Crippen molar-refractivity contribution in [2.45, 2.75) is 39.0 Å². The fourth-order valence-corrected chi connectivity index (χ4v) is 4.91. The summed E-state index contributed by atoms with van der Waals surface area (Å²) >= 11 is 1.60. The molecule has 0 bridgehead atoms. The van der Waals surface area contributed by atoms with Gasteiger partial charge in [0.05, 0.1) is 17.9 Å². The van der Waals surface area contributed by atoms with Crippen LogP contribution >= 0.6 is 11.3 Å². The molecule has 7 heteroatoms. The molecule has 0 radical (unpaired) electrons. The Hall–Kier alpha value is -2.15. The SMILES string of the molecule is C[C@@H]1CCc2nc(NC(=O)[C@@H]3CCCN(C(=O)c4ccco4)C3)sc2C1. The molecular formula is C19H23N3O3S. The maximum atomic E-state index is 12.7. The largest absolute Gasteiger partial charge is 0.459 e. The van der Waals surface area contributed by atoms with Gasteiger partial charge in [0, 0.05) is 18.0 Å². The number of nitrogens with zero attached hydrogens (tertiary/aromatic N) is 2. The van der Waals surface area contributed by atoms with E-state index >= 15 is 0 Å². The third kappa shape index (κ3) is 3.53. The molecule has 2 amide bonds. The molecular weight excluding hydrogens is 350 g/mol. The quantitative estimate of drug-likeness (QED) is 0.895. The number of anilines is 1. The zero-order valence-electron chi connectivity index (χ0n) is 14.9. The number of aryl methyl sites for hydroxylation is 1. The summed E-state index contributed by atoms with van der Waals surface area (Å²) in [5, 5.41) is 3.68. The van der Waals surface area contributed by atoms with Crippen LogP contribution in [0.5, 0.6) is 0 Å². The second kappa shape index (κ2) is 7.23. The molecule has 138 valence electrons. The first-order chi connectivity index (χ1) is 12.6. The molecule has 2 aromatic heterocycles. The van der Waals surface area contributed by atoms with Crippen molar-refractivity contribution in [1.29, 1.82) is 0 Å². The fourth-order valence-electron chi connectivity index (χ4n) is 3.73. The number of piperidine rings is 1. The Morgan fingerprint density at radius 1 is 1.38 bits per heavy atom. The molecule has 1 saturated heterocycles. The molecule has 1 N–H and O–H groups in total. The van der Waals surface area contributed by atoms with Crippen molar-refractivity contribution in [2.24, 2.45) is 11.8 Å². The average Bonchev–Trinajstić information content (AvgIpc) is 3.30. The van der Waals surface area contributed by atoms with Gasteiger partial charge in [-0.15, -0.1) is 11.3 Å². The summed E-state index contributed by atoms with van der Waals surface area (Å²) in [7, 11) is 0. The van der Waals surface area contributed by atoms with Crippen LogP contribution in [0, 0.1) is 11.8 Å². The smallest absolute Gasteiger partial charge is 0.289 e. The Morgan fingerprint density at radius 3 is 3.08 bits per heavy atom. The van der Waals surface area contributed by atoms with Crippen LogP contribution in [0.2, 0.25) is 0 Å². The van der Waals surface area contributed by atoms with Crippen LogP contribution in [0.1, 0.15) is 47.3 Å². The van der Waals surface area contributed by atoms with Crippen molar-refractivity contribution in [2.75, 3.05) is 18.4 Å². The molecule has 0 unspecified atom stereocenters. The number of rotatable bonds is 3. The van der Waals surface area contributed by atoms with Crippen LogP contribution < -0.4 is 5.32 Å². The van der Waals surface area contributed by atoms with E-state index in [0.717, 1.165) is 37.8 Å². The Morgan fingerprint density at radius 2 is 2.27 bits per heavy atom. The van der Waals surface area contributed by atoms with Gasteiger partial charge in [-0.3, -0.25) is 9.59 Å². The maximum Gasteiger partial charge on any atom is 0.289 e. The number of fused-ring (bicyclic) bond motifs is 1. The van der Waals surface area contributed by atoms with Gasteiger partial charge in [0.25, 0.3) is 5.91 Å². The topological polar surface area (TPSA) is 75.4 Å². The summed E-state index contributed by atoms with van der Waals surface area (Å²) in [5.41, 5.74) is 1.14. The Bertz CT molecular complexity index is 799.